The number of nitrogens with zero attached hydrogens (tertiary/aromatic N) is 1. The molecular formula is C27H37NO5Si. The Morgan fingerprint density at radius 1 is 0.882 bits per heavy atom. The van der Waals surface area contributed by atoms with Crippen molar-refractivity contribution in [2.75, 3.05) is 13.7 Å². The first kappa shape index (κ1) is 26.0. The maximum atomic E-state index is 13.0. The molecule has 3 rings (SSSR count). The molecule has 1 saturated heterocycles. The largest absolute Gasteiger partial charge is 0.467 e. The summed E-state index contributed by atoms with van der Waals surface area (Å²) in [5.41, 5.74) is -0.672. The number of methoxy groups -OCH3 is 1. The van der Waals surface area contributed by atoms with Crippen molar-refractivity contribution in [2.24, 2.45) is 0 Å². The summed E-state index contributed by atoms with van der Waals surface area (Å²) in [7, 11) is -1.57. The Kier molecular flexibility index (Phi) is 7.58. The Bertz CT molecular complexity index is 942. The molecule has 2 atom stereocenters. The molecule has 0 N–H and O–H groups in total. The van der Waals surface area contributed by atoms with E-state index in [4.69, 9.17) is 13.9 Å². The van der Waals surface area contributed by atoms with E-state index in [1.165, 1.54) is 12.0 Å². The molecule has 0 saturated carbocycles. The summed E-state index contributed by atoms with van der Waals surface area (Å²) < 4.78 is 17.9. The lowest BCUT2D eigenvalue weighted by atomic mass is 10.2. The van der Waals surface area contributed by atoms with Crippen molar-refractivity contribution in [2.45, 2.75) is 70.7 Å². The van der Waals surface area contributed by atoms with Crippen molar-refractivity contribution < 1.29 is 23.5 Å². The van der Waals surface area contributed by atoms with Gasteiger partial charge in [0.2, 0.25) is 0 Å². The maximum absolute atomic E-state index is 13.0. The minimum absolute atomic E-state index is 0.254. The highest BCUT2D eigenvalue weighted by atomic mass is 28.4. The van der Waals surface area contributed by atoms with Crippen molar-refractivity contribution in [1.82, 2.24) is 4.90 Å². The Morgan fingerprint density at radius 3 is 1.79 bits per heavy atom. The molecule has 34 heavy (non-hydrogen) atoms. The van der Waals surface area contributed by atoms with Crippen LogP contribution in [0.5, 0.6) is 0 Å². The number of benzene rings is 2. The number of rotatable bonds is 5. The van der Waals surface area contributed by atoms with Crippen LogP contribution in [0.25, 0.3) is 0 Å². The zero-order valence-corrected chi connectivity index (χ0v) is 22.3. The van der Waals surface area contributed by atoms with Gasteiger partial charge >= 0.3 is 12.1 Å². The van der Waals surface area contributed by atoms with Crippen molar-refractivity contribution in [3.8, 4) is 0 Å². The molecule has 0 radical (unpaired) electrons. The predicted molar refractivity (Wildman–Crippen MR) is 136 cm³/mol. The Labute approximate surface area is 204 Å². The topological polar surface area (TPSA) is 65.1 Å². The Balaban J connectivity index is 2.10. The Morgan fingerprint density at radius 2 is 1.38 bits per heavy atom. The molecule has 0 unspecified atom stereocenters. The number of hydrogen-bond donors (Lipinski definition) is 0. The summed E-state index contributed by atoms with van der Waals surface area (Å²) >= 11 is 0. The van der Waals surface area contributed by atoms with Crippen LogP contribution in [-0.2, 0) is 18.7 Å². The normalized spacial score (nSPS) is 19.1. The van der Waals surface area contributed by atoms with Crippen LogP contribution in [0.1, 0.15) is 48.0 Å². The minimum Gasteiger partial charge on any atom is -0.467 e. The molecule has 1 aliphatic heterocycles. The van der Waals surface area contributed by atoms with Crippen LogP contribution in [0.3, 0.4) is 0 Å². The molecule has 0 spiro atoms. The van der Waals surface area contributed by atoms with E-state index in [-0.39, 0.29) is 5.04 Å². The minimum atomic E-state index is -2.91. The SMILES string of the molecule is COC(=O)[C@@H]1[C@@H](O[Si](c2ccccc2)(c2ccccc2)C(C)(C)C)CCN1C(=O)OC(C)(C)C. The molecule has 0 aliphatic carbocycles. The van der Waals surface area contributed by atoms with E-state index in [1.807, 2.05) is 57.2 Å². The van der Waals surface area contributed by atoms with E-state index in [2.05, 4.69) is 45.0 Å². The van der Waals surface area contributed by atoms with Gasteiger partial charge in [-0.25, -0.2) is 9.59 Å². The van der Waals surface area contributed by atoms with Gasteiger partial charge in [0.15, 0.2) is 6.04 Å². The average Bonchev–Trinajstić information content (AvgIpc) is 3.20. The van der Waals surface area contributed by atoms with Crippen LogP contribution in [0.15, 0.2) is 60.7 Å². The second-order valence-electron chi connectivity index (χ2n) is 10.7. The fourth-order valence-corrected chi connectivity index (χ4v) is 9.45. The molecule has 1 heterocycles. The van der Waals surface area contributed by atoms with E-state index >= 15 is 0 Å². The van der Waals surface area contributed by atoms with E-state index in [9.17, 15) is 9.59 Å². The van der Waals surface area contributed by atoms with E-state index in [0.717, 1.165) is 10.4 Å². The summed E-state index contributed by atoms with van der Waals surface area (Å²) in [6.45, 7) is 12.4. The molecular weight excluding hydrogens is 446 g/mol. The zero-order chi connectivity index (χ0) is 25.1. The lowest BCUT2D eigenvalue weighted by Crippen LogP contribution is -2.68. The van der Waals surface area contributed by atoms with Gasteiger partial charge < -0.3 is 13.9 Å². The van der Waals surface area contributed by atoms with E-state index in [0.29, 0.717) is 13.0 Å². The van der Waals surface area contributed by atoms with Gasteiger partial charge in [-0.05, 0) is 42.6 Å². The number of hydrogen-bond acceptors (Lipinski definition) is 5. The number of carbonyl (C=O) groups is 2. The Hall–Kier alpha value is -2.64. The number of esters is 1. The van der Waals surface area contributed by atoms with Crippen molar-refractivity contribution in [3.05, 3.63) is 60.7 Å². The lowest BCUT2D eigenvalue weighted by Gasteiger charge is -2.45. The molecule has 1 aliphatic rings. The second-order valence-corrected chi connectivity index (χ2v) is 15.0. The number of amides is 1. The predicted octanol–water partition coefficient (Wildman–Crippen LogP) is 4.11. The van der Waals surface area contributed by atoms with Gasteiger partial charge in [-0.15, -0.1) is 0 Å². The highest BCUT2D eigenvalue weighted by Gasteiger charge is 2.55. The zero-order valence-electron chi connectivity index (χ0n) is 21.3. The van der Waals surface area contributed by atoms with Crippen LogP contribution < -0.4 is 10.4 Å². The average molecular weight is 484 g/mol. The van der Waals surface area contributed by atoms with Gasteiger partial charge in [0, 0.05) is 6.54 Å². The number of likely N-dealkylation sites (tertiary alicyclic amines) is 1. The third-order valence-electron chi connectivity index (χ3n) is 6.16. The summed E-state index contributed by atoms with van der Waals surface area (Å²) in [5.74, 6) is -0.494. The third-order valence-corrected chi connectivity index (χ3v) is 11.2. The summed E-state index contributed by atoms with van der Waals surface area (Å²) in [4.78, 5) is 27.4. The van der Waals surface area contributed by atoms with Crippen LogP contribution in [0, 0.1) is 0 Å². The van der Waals surface area contributed by atoms with Crippen LogP contribution >= 0.6 is 0 Å². The maximum Gasteiger partial charge on any atom is 0.411 e. The quantitative estimate of drug-likeness (QED) is 0.473. The van der Waals surface area contributed by atoms with Crippen molar-refractivity contribution >= 4 is 30.8 Å². The molecule has 2 aromatic carbocycles. The monoisotopic (exact) mass is 483 g/mol. The van der Waals surface area contributed by atoms with Crippen LogP contribution in [-0.4, -0.2) is 56.7 Å². The smallest absolute Gasteiger partial charge is 0.411 e. The number of ether oxygens (including phenoxy) is 2. The standard InChI is InChI=1S/C27H37NO5Si/c1-26(2,3)32-25(30)28-19-18-22(23(28)24(29)31-7)33-34(27(4,5)6,20-14-10-8-11-15-20)21-16-12-9-13-17-21/h8-17,22-23H,18-19H2,1-7H3/t22-,23-/m0/s1. The van der Waals surface area contributed by atoms with Gasteiger partial charge in [-0.1, -0.05) is 81.4 Å². The van der Waals surface area contributed by atoms with Gasteiger partial charge in [-0.3, -0.25) is 4.90 Å². The fraction of sp³-hybridized carbons (Fsp3) is 0.481. The first-order valence-electron chi connectivity index (χ1n) is 11.8. The molecule has 0 bridgehead atoms. The molecule has 7 heteroatoms. The third kappa shape index (κ3) is 5.20. The first-order valence-corrected chi connectivity index (χ1v) is 13.7. The van der Waals surface area contributed by atoms with Gasteiger partial charge in [0.25, 0.3) is 8.32 Å². The van der Waals surface area contributed by atoms with Crippen LogP contribution in [0.2, 0.25) is 5.04 Å². The summed E-state index contributed by atoms with van der Waals surface area (Å²) in [5, 5.41) is 1.98. The van der Waals surface area contributed by atoms with Crippen molar-refractivity contribution in [1.29, 1.82) is 0 Å². The second kappa shape index (κ2) is 9.92. The molecule has 1 fully saturated rings. The van der Waals surface area contributed by atoms with E-state index in [1.54, 1.807) is 0 Å². The molecule has 1 amide bonds. The van der Waals surface area contributed by atoms with Crippen molar-refractivity contribution in [3.63, 3.8) is 0 Å². The fourth-order valence-electron chi connectivity index (χ4n) is 4.73. The van der Waals surface area contributed by atoms with E-state index < -0.39 is 38.1 Å². The van der Waals surface area contributed by atoms with Gasteiger partial charge in [0.1, 0.15) is 5.60 Å². The van der Waals surface area contributed by atoms with Crippen LogP contribution in [0.4, 0.5) is 4.79 Å². The summed E-state index contributed by atoms with van der Waals surface area (Å²) in [6, 6.07) is 19.6. The molecule has 184 valence electrons. The molecule has 2 aromatic rings. The first-order chi connectivity index (χ1) is 15.9. The lowest BCUT2D eigenvalue weighted by molar-refractivity contribution is -0.148. The van der Waals surface area contributed by atoms with Gasteiger partial charge in [-0.2, -0.15) is 0 Å². The number of carbonyl (C=O) groups excluding carboxylic acids is 2. The molecule has 0 aromatic heterocycles. The highest BCUT2D eigenvalue weighted by molar-refractivity contribution is 6.99. The molecule has 6 nitrogen and oxygen atoms in total. The van der Waals surface area contributed by atoms with Gasteiger partial charge in [0.05, 0.1) is 13.2 Å². The summed E-state index contributed by atoms with van der Waals surface area (Å²) in [6.07, 6.45) is -0.536. The highest BCUT2D eigenvalue weighted by Crippen LogP contribution is 2.39.